The molecule has 10 heavy (non-hydrogen) atoms. The summed E-state index contributed by atoms with van der Waals surface area (Å²) in [5.74, 6) is 0. The number of hydrogen-bond donors (Lipinski definition) is 0. The summed E-state index contributed by atoms with van der Waals surface area (Å²) in [5, 5.41) is 0. The molecule has 1 unspecified atom stereocenters. The monoisotopic (exact) mass is 222 g/mol. The Morgan fingerprint density at radius 1 is 1.40 bits per heavy atom. The van der Waals surface area contributed by atoms with Crippen molar-refractivity contribution in [3.8, 4) is 0 Å². The van der Waals surface area contributed by atoms with E-state index in [0.29, 0.717) is 0 Å². The fraction of sp³-hybridized carbons (Fsp3) is 0. The Kier molecular flexibility index (Phi) is 15.1. The zero-order valence-corrected chi connectivity index (χ0v) is 12.0. The minimum absolute atomic E-state index is 0. The van der Waals surface area contributed by atoms with E-state index in [2.05, 4.69) is 3.63 Å². The largest absolute Gasteiger partial charge is 1.00 e. The molecular formula is KNaO6S2. The van der Waals surface area contributed by atoms with Crippen LogP contribution < -0.4 is 80.9 Å². The van der Waals surface area contributed by atoms with Crippen molar-refractivity contribution in [1.29, 1.82) is 0 Å². The molecule has 0 aromatic carbocycles. The van der Waals surface area contributed by atoms with Crippen LogP contribution in [0.1, 0.15) is 0 Å². The molecule has 0 saturated carbocycles. The van der Waals surface area contributed by atoms with E-state index < -0.39 is 21.8 Å². The number of hydrogen-bond acceptors (Lipinski definition) is 6. The van der Waals surface area contributed by atoms with Gasteiger partial charge in [0.15, 0.2) is 0 Å². The van der Waals surface area contributed by atoms with Crippen LogP contribution in [0.2, 0.25) is 0 Å². The Morgan fingerprint density at radius 3 is 1.70 bits per heavy atom. The smallest absolute Gasteiger partial charge is 0.749 e. The maximum Gasteiger partial charge on any atom is 1.00 e. The summed E-state index contributed by atoms with van der Waals surface area (Å²) < 4.78 is 49.0. The fourth-order valence-corrected chi connectivity index (χ4v) is 0.612. The standard InChI is InChI=1S/K.Na.H2O6S2/c;;1-7(2)6-8(3,4)5/h;;(H,1,2)(H,3,4,5)/q2*+1;/p-2. The van der Waals surface area contributed by atoms with Gasteiger partial charge in [-0.25, -0.2) is 12.6 Å². The summed E-state index contributed by atoms with van der Waals surface area (Å²) in [4.78, 5) is 0. The normalized spacial score (nSPS) is 12.6. The summed E-state index contributed by atoms with van der Waals surface area (Å²) in [5.41, 5.74) is 0. The Balaban J connectivity index is -0.000000245. The van der Waals surface area contributed by atoms with Gasteiger partial charge in [0.25, 0.3) is 0 Å². The first-order valence-electron chi connectivity index (χ1n) is 1.17. The van der Waals surface area contributed by atoms with E-state index in [1.807, 2.05) is 0 Å². The van der Waals surface area contributed by atoms with Gasteiger partial charge in [0.05, 0.1) is 0 Å². The molecule has 6 nitrogen and oxygen atoms in total. The maximum absolute atomic E-state index is 9.27. The van der Waals surface area contributed by atoms with Gasteiger partial charge in [-0.15, -0.1) is 0 Å². The molecule has 0 aliphatic rings. The molecule has 0 radical (unpaired) electrons. The van der Waals surface area contributed by atoms with Gasteiger partial charge in [0.2, 0.25) is 10.4 Å². The third-order valence-electron chi connectivity index (χ3n) is 0.139. The topological polar surface area (TPSA) is 107 Å². The van der Waals surface area contributed by atoms with Crippen molar-refractivity contribution < 1.29 is 106 Å². The predicted molar refractivity (Wildman–Crippen MR) is 19.7 cm³/mol. The molecule has 1 atom stereocenters. The SMILES string of the molecule is O=S([O-])OS(=O)(=O)[O-].[K+].[Na+]. The Morgan fingerprint density at radius 2 is 1.70 bits per heavy atom. The van der Waals surface area contributed by atoms with Gasteiger partial charge in [-0.05, 0) is 0 Å². The Labute approximate surface area is 125 Å². The van der Waals surface area contributed by atoms with Gasteiger partial charge in [-0.2, -0.15) is 3.63 Å². The fourth-order valence-electron chi connectivity index (χ4n) is 0.0680. The zero-order valence-electron chi connectivity index (χ0n) is 5.27. The van der Waals surface area contributed by atoms with Crippen LogP contribution in [0.4, 0.5) is 0 Å². The quantitative estimate of drug-likeness (QED) is 0.199. The zero-order chi connectivity index (χ0) is 6.78. The second kappa shape index (κ2) is 8.23. The van der Waals surface area contributed by atoms with E-state index >= 15 is 0 Å². The molecule has 0 aromatic rings. The minimum Gasteiger partial charge on any atom is -0.749 e. The summed E-state index contributed by atoms with van der Waals surface area (Å²) in [7, 11) is -5.09. The second-order valence-corrected chi connectivity index (χ2v) is 2.45. The molecule has 0 amide bonds. The van der Waals surface area contributed by atoms with E-state index in [1.165, 1.54) is 0 Å². The van der Waals surface area contributed by atoms with Crippen molar-refractivity contribution in [2.75, 3.05) is 0 Å². The van der Waals surface area contributed by atoms with Crippen molar-refractivity contribution in [2.45, 2.75) is 0 Å². The molecule has 0 spiro atoms. The van der Waals surface area contributed by atoms with Crippen LogP contribution in [0.3, 0.4) is 0 Å². The second-order valence-electron chi connectivity index (χ2n) is 0.680. The van der Waals surface area contributed by atoms with Crippen LogP contribution in [0.25, 0.3) is 0 Å². The van der Waals surface area contributed by atoms with Crippen molar-refractivity contribution in [3.05, 3.63) is 0 Å². The molecule has 0 N–H and O–H groups in total. The molecule has 0 aliphatic carbocycles. The molecule has 50 valence electrons. The van der Waals surface area contributed by atoms with Crippen LogP contribution in [0.15, 0.2) is 0 Å². The van der Waals surface area contributed by atoms with Crippen molar-refractivity contribution in [2.24, 2.45) is 0 Å². The van der Waals surface area contributed by atoms with Crippen LogP contribution in [0.5, 0.6) is 0 Å². The van der Waals surface area contributed by atoms with Crippen LogP contribution >= 0.6 is 0 Å². The number of rotatable bonds is 2. The summed E-state index contributed by atoms with van der Waals surface area (Å²) in [6.45, 7) is 0. The van der Waals surface area contributed by atoms with Crippen molar-refractivity contribution in [1.82, 2.24) is 0 Å². The van der Waals surface area contributed by atoms with E-state index in [9.17, 15) is 21.7 Å². The summed E-state index contributed by atoms with van der Waals surface area (Å²) in [6.07, 6.45) is 0. The molecule has 10 heteroatoms. The molecule has 0 heterocycles. The van der Waals surface area contributed by atoms with E-state index in [-0.39, 0.29) is 80.9 Å². The van der Waals surface area contributed by atoms with Gasteiger partial charge in [0.1, 0.15) is 11.4 Å². The van der Waals surface area contributed by atoms with E-state index in [4.69, 9.17) is 0 Å². The summed E-state index contributed by atoms with van der Waals surface area (Å²) in [6, 6.07) is 0. The maximum atomic E-state index is 9.27. The molecule has 0 rings (SSSR count). The van der Waals surface area contributed by atoms with Crippen LogP contribution in [-0.4, -0.2) is 21.7 Å². The molecule has 0 fully saturated rings. The van der Waals surface area contributed by atoms with Crippen molar-refractivity contribution in [3.63, 3.8) is 0 Å². The summed E-state index contributed by atoms with van der Waals surface area (Å²) >= 11 is -3.29. The van der Waals surface area contributed by atoms with Gasteiger partial charge in [0, 0.05) is 0 Å². The van der Waals surface area contributed by atoms with Gasteiger partial charge >= 0.3 is 80.9 Å². The van der Waals surface area contributed by atoms with Crippen LogP contribution in [0, 0.1) is 0 Å². The molecule has 0 bridgehead atoms. The average molecular weight is 222 g/mol. The van der Waals surface area contributed by atoms with E-state index in [0.717, 1.165) is 0 Å². The third-order valence-corrected chi connectivity index (χ3v) is 1.25. The minimum atomic E-state index is -5.09. The predicted octanol–water partition coefficient (Wildman–Crippen LogP) is -7.73. The molecular weight excluding hydrogens is 222 g/mol. The van der Waals surface area contributed by atoms with E-state index in [1.54, 1.807) is 0 Å². The van der Waals surface area contributed by atoms with Gasteiger partial charge in [-0.3, -0.25) is 0 Å². The average Bonchev–Trinajstić information content (AvgIpc) is 1.21. The first kappa shape index (κ1) is 18.4. The van der Waals surface area contributed by atoms with Gasteiger partial charge < -0.3 is 9.11 Å². The van der Waals surface area contributed by atoms with Crippen molar-refractivity contribution >= 4 is 21.8 Å². The Bertz CT molecular complexity index is 182. The van der Waals surface area contributed by atoms with Gasteiger partial charge in [-0.1, -0.05) is 0 Å². The molecule has 0 saturated heterocycles. The first-order chi connectivity index (χ1) is 3.42. The molecule has 0 aromatic heterocycles. The third kappa shape index (κ3) is 16.9. The van der Waals surface area contributed by atoms with Crippen LogP contribution in [-0.2, 0) is 25.4 Å². The molecule has 0 aliphatic heterocycles. The first-order valence-corrected chi connectivity index (χ1v) is 3.50. The Hall–Kier alpha value is 2.62.